The Bertz CT molecular complexity index is 798. The van der Waals surface area contributed by atoms with Crippen molar-refractivity contribution in [2.45, 2.75) is 30.0 Å². The van der Waals surface area contributed by atoms with Crippen molar-refractivity contribution in [2.24, 2.45) is 0 Å². The summed E-state index contributed by atoms with van der Waals surface area (Å²) < 4.78 is 39.0. The number of hydrogen-bond donors (Lipinski definition) is 1. The third kappa shape index (κ3) is 2.96. The van der Waals surface area contributed by atoms with E-state index in [2.05, 4.69) is 5.32 Å². The molecule has 1 fully saturated rings. The van der Waals surface area contributed by atoms with Gasteiger partial charge in [0.2, 0.25) is 9.84 Å². The predicted octanol–water partition coefficient (Wildman–Crippen LogP) is 2.18. The van der Waals surface area contributed by atoms with Crippen molar-refractivity contribution in [1.82, 2.24) is 4.90 Å². The Morgan fingerprint density at radius 3 is 2.96 bits per heavy atom. The Labute approximate surface area is 135 Å². The summed E-state index contributed by atoms with van der Waals surface area (Å²) in [6.07, 6.45) is -0.407. The number of anilines is 1. The van der Waals surface area contributed by atoms with Gasteiger partial charge in [-0.25, -0.2) is 12.8 Å². The van der Waals surface area contributed by atoms with Crippen molar-refractivity contribution in [3.63, 3.8) is 0 Å². The van der Waals surface area contributed by atoms with E-state index < -0.39 is 22.1 Å². The molecule has 0 aromatic heterocycles. The van der Waals surface area contributed by atoms with Crippen LogP contribution in [0.3, 0.4) is 0 Å². The number of nitrogens with zero attached hydrogens (tertiary/aromatic N) is 2. The summed E-state index contributed by atoms with van der Waals surface area (Å²) in [6.45, 7) is 1.09. The fraction of sp³-hybridized carbons (Fsp3) is 0.438. The van der Waals surface area contributed by atoms with E-state index in [-0.39, 0.29) is 11.3 Å². The number of likely N-dealkylation sites (tertiary alicyclic amines) is 1. The highest BCUT2D eigenvalue weighted by Gasteiger charge is 2.33. The monoisotopic (exact) mass is 335 g/mol. The van der Waals surface area contributed by atoms with Crippen LogP contribution >= 0.6 is 0 Å². The molecule has 2 aliphatic rings. The van der Waals surface area contributed by atoms with Gasteiger partial charge in [0.15, 0.2) is 0 Å². The van der Waals surface area contributed by atoms with Crippen LogP contribution in [0.25, 0.3) is 5.57 Å². The zero-order valence-electron chi connectivity index (χ0n) is 12.8. The average molecular weight is 335 g/mol. The number of allylic oxidation sites excluding steroid dienone is 1. The first-order valence-electron chi connectivity index (χ1n) is 7.47. The molecule has 7 heteroatoms. The van der Waals surface area contributed by atoms with Crippen LogP contribution in [-0.4, -0.2) is 45.7 Å². The largest absolute Gasteiger partial charge is 0.378 e. The summed E-state index contributed by atoms with van der Waals surface area (Å²) in [5.41, 5.74) is 1.45. The van der Waals surface area contributed by atoms with E-state index in [0.717, 1.165) is 12.0 Å². The van der Waals surface area contributed by atoms with Gasteiger partial charge in [-0.2, -0.15) is 5.26 Å². The second kappa shape index (κ2) is 5.95. The van der Waals surface area contributed by atoms with Crippen LogP contribution in [0.5, 0.6) is 0 Å². The summed E-state index contributed by atoms with van der Waals surface area (Å²) in [5, 5.41) is 13.1. The molecule has 23 heavy (non-hydrogen) atoms. The highest BCUT2D eigenvalue weighted by atomic mass is 32.2. The molecular formula is C16H18FN3O2S. The van der Waals surface area contributed by atoms with E-state index in [4.69, 9.17) is 5.26 Å². The Kier molecular flexibility index (Phi) is 4.13. The van der Waals surface area contributed by atoms with Gasteiger partial charge >= 0.3 is 0 Å². The third-order valence-electron chi connectivity index (χ3n) is 4.30. The van der Waals surface area contributed by atoms with Gasteiger partial charge in [-0.1, -0.05) is 12.1 Å². The zero-order chi connectivity index (χ0) is 16.6. The minimum Gasteiger partial charge on any atom is -0.378 e. The molecule has 0 saturated carbocycles. The van der Waals surface area contributed by atoms with E-state index in [1.165, 1.54) is 0 Å². The van der Waals surface area contributed by atoms with Crippen LogP contribution < -0.4 is 5.32 Å². The lowest BCUT2D eigenvalue weighted by atomic mass is 10.0. The molecule has 1 saturated heterocycles. The van der Waals surface area contributed by atoms with Gasteiger partial charge in [-0.05, 0) is 25.1 Å². The number of benzene rings is 1. The smallest absolute Gasteiger partial charge is 0.202 e. The van der Waals surface area contributed by atoms with Crippen LogP contribution in [0, 0.1) is 11.3 Å². The van der Waals surface area contributed by atoms with Crippen LogP contribution in [0.2, 0.25) is 0 Å². The van der Waals surface area contributed by atoms with Crippen molar-refractivity contribution in [3.8, 4) is 6.07 Å². The van der Waals surface area contributed by atoms with Crippen LogP contribution in [0.1, 0.15) is 18.4 Å². The fourth-order valence-corrected chi connectivity index (χ4v) is 4.80. The minimum absolute atomic E-state index is 0.0373. The maximum atomic E-state index is 14.2. The van der Waals surface area contributed by atoms with E-state index in [0.29, 0.717) is 29.8 Å². The molecule has 122 valence electrons. The average Bonchev–Trinajstić information content (AvgIpc) is 2.75. The van der Waals surface area contributed by atoms with Gasteiger partial charge < -0.3 is 10.2 Å². The van der Waals surface area contributed by atoms with Gasteiger partial charge in [-0.15, -0.1) is 0 Å². The lowest BCUT2D eigenvalue weighted by Gasteiger charge is -2.33. The van der Waals surface area contributed by atoms with Crippen LogP contribution in [0.4, 0.5) is 10.1 Å². The fourth-order valence-electron chi connectivity index (χ4n) is 3.16. The first kappa shape index (κ1) is 16.0. The maximum absolute atomic E-state index is 14.2. The minimum atomic E-state index is -3.60. The zero-order valence-corrected chi connectivity index (χ0v) is 13.6. The van der Waals surface area contributed by atoms with Gasteiger partial charge in [-0.3, -0.25) is 0 Å². The number of piperidine rings is 1. The molecule has 3 rings (SSSR count). The number of sulfone groups is 1. The number of alkyl halides is 1. The molecule has 0 bridgehead atoms. The van der Waals surface area contributed by atoms with Gasteiger partial charge in [0.05, 0.1) is 24.2 Å². The Hall–Kier alpha value is -1.91. The molecular weight excluding hydrogens is 317 g/mol. The van der Waals surface area contributed by atoms with E-state index >= 15 is 0 Å². The van der Waals surface area contributed by atoms with E-state index in [1.54, 1.807) is 18.2 Å². The second-order valence-corrected chi connectivity index (χ2v) is 7.76. The highest BCUT2D eigenvalue weighted by molar-refractivity contribution is 7.95. The maximum Gasteiger partial charge on any atom is 0.202 e. The molecule has 0 radical (unpaired) electrons. The molecule has 0 spiro atoms. The van der Waals surface area contributed by atoms with Crippen molar-refractivity contribution in [3.05, 3.63) is 29.2 Å². The first-order chi connectivity index (χ1) is 10.9. The molecule has 2 atom stereocenters. The molecule has 0 aliphatic carbocycles. The van der Waals surface area contributed by atoms with E-state index in [9.17, 15) is 12.8 Å². The summed E-state index contributed by atoms with van der Waals surface area (Å²) in [7, 11) is -1.73. The highest BCUT2D eigenvalue weighted by Crippen LogP contribution is 2.40. The molecule has 2 heterocycles. The summed E-state index contributed by atoms with van der Waals surface area (Å²) >= 11 is 0. The van der Waals surface area contributed by atoms with Crippen LogP contribution in [-0.2, 0) is 9.84 Å². The molecule has 1 aromatic rings. The first-order valence-corrected chi connectivity index (χ1v) is 9.02. The normalized spacial score (nSPS) is 26.2. The molecule has 2 aliphatic heterocycles. The lowest BCUT2D eigenvalue weighted by Crippen LogP contribution is -2.46. The SMILES string of the molecule is CN1CC[C@@H](Nc2cccc3c2S(=O)(=O)C=C3CC#N)[C@@H](F)C1. The number of rotatable bonds is 3. The van der Waals surface area contributed by atoms with Gasteiger partial charge in [0.1, 0.15) is 11.1 Å². The summed E-state index contributed by atoms with van der Waals surface area (Å²) in [6, 6.07) is 6.65. The van der Waals surface area contributed by atoms with Crippen molar-refractivity contribution >= 4 is 21.1 Å². The summed E-state index contributed by atoms with van der Waals surface area (Å²) in [5.74, 6) is 0. The number of halogens is 1. The Morgan fingerprint density at radius 1 is 1.48 bits per heavy atom. The molecule has 1 N–H and O–H groups in total. The van der Waals surface area contributed by atoms with Crippen molar-refractivity contribution in [2.75, 3.05) is 25.5 Å². The number of nitriles is 1. The molecule has 0 unspecified atom stereocenters. The Balaban J connectivity index is 1.94. The number of nitrogens with one attached hydrogen (secondary N) is 1. The molecule has 1 aromatic carbocycles. The third-order valence-corrected chi connectivity index (χ3v) is 5.90. The van der Waals surface area contributed by atoms with Gasteiger partial charge in [0, 0.05) is 24.1 Å². The standard InChI is InChI=1S/C16H18FN3O2S/c1-20-8-6-14(13(17)9-20)19-15-4-2-3-12-11(5-7-18)10-23(21,22)16(12)15/h2-4,10,13-14,19H,5-6,8-9H2,1H3/t13-,14+/m0/s1. The van der Waals surface area contributed by atoms with Crippen molar-refractivity contribution in [1.29, 1.82) is 5.26 Å². The Morgan fingerprint density at radius 2 is 2.26 bits per heavy atom. The topological polar surface area (TPSA) is 73.2 Å². The van der Waals surface area contributed by atoms with E-state index in [1.807, 2.05) is 18.0 Å². The second-order valence-electron chi connectivity index (χ2n) is 6.02. The van der Waals surface area contributed by atoms with Crippen LogP contribution in [0.15, 0.2) is 28.5 Å². The molecule has 5 nitrogen and oxygen atoms in total. The number of fused-ring (bicyclic) bond motifs is 1. The van der Waals surface area contributed by atoms with Gasteiger partial charge in [0.25, 0.3) is 0 Å². The molecule has 0 amide bonds. The summed E-state index contributed by atoms with van der Waals surface area (Å²) in [4.78, 5) is 2.08. The van der Waals surface area contributed by atoms with Crippen molar-refractivity contribution < 1.29 is 12.8 Å². The quantitative estimate of drug-likeness (QED) is 0.916. The number of hydrogen-bond acceptors (Lipinski definition) is 5. The lowest BCUT2D eigenvalue weighted by molar-refractivity contribution is 0.149. The predicted molar refractivity (Wildman–Crippen MR) is 86.3 cm³/mol.